The molecule has 0 saturated heterocycles. The molecule has 1 saturated carbocycles. The standard InChI is InChI=1S/C17H25BrFN/c1-12(2)10-20-11-17(3,14-7-8-14)9-13-5-4-6-15(19)16(13)18/h4-6,12,14,20H,7-11H2,1-3H3. The number of hydrogen-bond acceptors (Lipinski definition) is 1. The van der Waals surface area contributed by atoms with Crippen LogP contribution in [0, 0.1) is 23.1 Å². The summed E-state index contributed by atoms with van der Waals surface area (Å²) < 4.78 is 14.3. The maximum atomic E-state index is 13.7. The van der Waals surface area contributed by atoms with Crippen molar-refractivity contribution >= 4 is 15.9 Å². The summed E-state index contributed by atoms with van der Waals surface area (Å²) in [7, 11) is 0. The minimum absolute atomic E-state index is 0.157. The lowest BCUT2D eigenvalue weighted by Gasteiger charge is -2.31. The predicted molar refractivity (Wildman–Crippen MR) is 86.3 cm³/mol. The molecule has 0 bridgehead atoms. The summed E-state index contributed by atoms with van der Waals surface area (Å²) in [5.74, 6) is 1.28. The van der Waals surface area contributed by atoms with Crippen molar-refractivity contribution in [1.82, 2.24) is 5.32 Å². The Bertz CT molecular complexity index is 456. The third-order valence-corrected chi connectivity index (χ3v) is 5.16. The van der Waals surface area contributed by atoms with E-state index in [1.54, 1.807) is 0 Å². The Hall–Kier alpha value is -0.410. The number of hydrogen-bond donors (Lipinski definition) is 1. The SMILES string of the molecule is CC(C)CNCC(C)(Cc1cccc(F)c1Br)C1CC1. The molecule has 1 atom stereocenters. The average molecular weight is 342 g/mol. The van der Waals surface area contributed by atoms with E-state index in [-0.39, 0.29) is 11.2 Å². The number of rotatable bonds is 7. The fourth-order valence-electron chi connectivity index (χ4n) is 2.90. The monoisotopic (exact) mass is 341 g/mol. The topological polar surface area (TPSA) is 12.0 Å². The Balaban J connectivity index is 2.06. The van der Waals surface area contributed by atoms with Gasteiger partial charge >= 0.3 is 0 Å². The second kappa shape index (κ2) is 6.57. The molecule has 1 fully saturated rings. The molecule has 0 aliphatic heterocycles. The Morgan fingerprint density at radius 3 is 2.70 bits per heavy atom. The highest BCUT2D eigenvalue weighted by molar-refractivity contribution is 9.10. The van der Waals surface area contributed by atoms with E-state index in [0.717, 1.165) is 31.0 Å². The molecule has 2 rings (SSSR count). The van der Waals surface area contributed by atoms with Crippen LogP contribution in [0.25, 0.3) is 0 Å². The van der Waals surface area contributed by atoms with Gasteiger partial charge in [0.05, 0.1) is 4.47 Å². The van der Waals surface area contributed by atoms with Crippen LogP contribution in [0.1, 0.15) is 39.2 Å². The smallest absolute Gasteiger partial charge is 0.137 e. The zero-order valence-electron chi connectivity index (χ0n) is 12.7. The van der Waals surface area contributed by atoms with E-state index in [1.807, 2.05) is 12.1 Å². The molecule has 0 amide bonds. The van der Waals surface area contributed by atoms with Gasteiger partial charge in [-0.15, -0.1) is 0 Å². The van der Waals surface area contributed by atoms with Crippen LogP contribution in [0.15, 0.2) is 22.7 Å². The first-order valence-electron chi connectivity index (χ1n) is 7.56. The van der Waals surface area contributed by atoms with Crippen LogP contribution in [0.5, 0.6) is 0 Å². The van der Waals surface area contributed by atoms with Crippen molar-refractivity contribution in [3.05, 3.63) is 34.1 Å². The van der Waals surface area contributed by atoms with E-state index in [0.29, 0.717) is 10.4 Å². The van der Waals surface area contributed by atoms with Crippen molar-refractivity contribution in [2.75, 3.05) is 13.1 Å². The van der Waals surface area contributed by atoms with E-state index in [9.17, 15) is 4.39 Å². The molecule has 1 N–H and O–H groups in total. The van der Waals surface area contributed by atoms with Crippen LogP contribution in [0.3, 0.4) is 0 Å². The normalized spacial score (nSPS) is 18.3. The molecule has 0 aromatic heterocycles. The molecule has 0 spiro atoms. The van der Waals surface area contributed by atoms with Gasteiger partial charge in [0.15, 0.2) is 0 Å². The lowest BCUT2D eigenvalue weighted by Crippen LogP contribution is -2.37. The van der Waals surface area contributed by atoms with Crippen LogP contribution >= 0.6 is 15.9 Å². The van der Waals surface area contributed by atoms with Gasteiger partial charge in [-0.05, 0) is 70.6 Å². The summed E-state index contributed by atoms with van der Waals surface area (Å²) in [5, 5.41) is 3.59. The van der Waals surface area contributed by atoms with Crippen molar-refractivity contribution in [3.8, 4) is 0 Å². The molecule has 0 radical (unpaired) electrons. The van der Waals surface area contributed by atoms with Gasteiger partial charge in [-0.25, -0.2) is 4.39 Å². The highest BCUT2D eigenvalue weighted by Gasteiger charge is 2.41. The molecule has 1 aromatic carbocycles. The summed E-state index contributed by atoms with van der Waals surface area (Å²) in [4.78, 5) is 0. The Kier molecular flexibility index (Phi) is 5.25. The van der Waals surface area contributed by atoms with Gasteiger partial charge in [0.2, 0.25) is 0 Å². The van der Waals surface area contributed by atoms with Gasteiger partial charge < -0.3 is 5.32 Å². The van der Waals surface area contributed by atoms with Gasteiger partial charge in [-0.3, -0.25) is 0 Å². The van der Waals surface area contributed by atoms with E-state index in [1.165, 1.54) is 18.9 Å². The summed E-state index contributed by atoms with van der Waals surface area (Å²) in [6, 6.07) is 5.36. The van der Waals surface area contributed by atoms with E-state index in [4.69, 9.17) is 0 Å². The Morgan fingerprint density at radius 1 is 1.40 bits per heavy atom. The largest absolute Gasteiger partial charge is 0.316 e. The maximum Gasteiger partial charge on any atom is 0.137 e. The van der Waals surface area contributed by atoms with Crippen LogP contribution in [-0.2, 0) is 6.42 Å². The zero-order valence-corrected chi connectivity index (χ0v) is 14.3. The van der Waals surface area contributed by atoms with Gasteiger partial charge in [-0.1, -0.05) is 32.9 Å². The van der Waals surface area contributed by atoms with Crippen molar-refractivity contribution in [3.63, 3.8) is 0 Å². The van der Waals surface area contributed by atoms with Crippen molar-refractivity contribution in [2.45, 2.75) is 40.0 Å². The molecule has 1 nitrogen and oxygen atoms in total. The van der Waals surface area contributed by atoms with Crippen LogP contribution < -0.4 is 5.32 Å². The van der Waals surface area contributed by atoms with Crippen molar-refractivity contribution in [2.24, 2.45) is 17.3 Å². The molecule has 3 heteroatoms. The highest BCUT2D eigenvalue weighted by Crippen LogP contribution is 2.47. The minimum Gasteiger partial charge on any atom is -0.316 e. The van der Waals surface area contributed by atoms with Crippen LogP contribution in [0.2, 0.25) is 0 Å². The lowest BCUT2D eigenvalue weighted by atomic mass is 9.78. The fourth-order valence-corrected chi connectivity index (χ4v) is 3.30. The third-order valence-electron chi connectivity index (χ3n) is 4.27. The number of nitrogens with one attached hydrogen (secondary N) is 1. The van der Waals surface area contributed by atoms with Crippen molar-refractivity contribution < 1.29 is 4.39 Å². The first-order valence-corrected chi connectivity index (χ1v) is 8.35. The van der Waals surface area contributed by atoms with Gasteiger partial charge in [0, 0.05) is 6.54 Å². The first-order chi connectivity index (χ1) is 9.42. The molecule has 1 unspecified atom stereocenters. The Labute approximate surface area is 130 Å². The van der Waals surface area contributed by atoms with Crippen molar-refractivity contribution in [1.29, 1.82) is 0 Å². The van der Waals surface area contributed by atoms with E-state index < -0.39 is 0 Å². The minimum atomic E-state index is -0.157. The van der Waals surface area contributed by atoms with Crippen LogP contribution in [-0.4, -0.2) is 13.1 Å². The average Bonchev–Trinajstić information content (AvgIpc) is 3.19. The predicted octanol–water partition coefficient (Wildman–Crippen LogP) is 4.79. The Morgan fingerprint density at radius 2 is 2.10 bits per heavy atom. The molecular formula is C17H25BrFN. The molecule has 20 heavy (non-hydrogen) atoms. The third kappa shape index (κ3) is 4.05. The molecule has 0 heterocycles. The van der Waals surface area contributed by atoms with E-state index in [2.05, 4.69) is 42.0 Å². The van der Waals surface area contributed by atoms with Gasteiger partial charge in [-0.2, -0.15) is 0 Å². The van der Waals surface area contributed by atoms with Crippen LogP contribution in [0.4, 0.5) is 4.39 Å². The van der Waals surface area contributed by atoms with Gasteiger partial charge in [0.25, 0.3) is 0 Å². The molecular weight excluding hydrogens is 317 g/mol. The zero-order chi connectivity index (χ0) is 14.8. The number of benzene rings is 1. The summed E-state index contributed by atoms with van der Waals surface area (Å²) in [5.41, 5.74) is 1.32. The quantitative estimate of drug-likeness (QED) is 0.751. The highest BCUT2D eigenvalue weighted by atomic mass is 79.9. The second-order valence-electron chi connectivity index (χ2n) is 6.84. The molecule has 1 aliphatic carbocycles. The first kappa shape index (κ1) is 16.0. The fraction of sp³-hybridized carbons (Fsp3) is 0.647. The molecule has 112 valence electrons. The molecule has 1 aliphatic rings. The van der Waals surface area contributed by atoms with E-state index >= 15 is 0 Å². The maximum absolute atomic E-state index is 13.7. The lowest BCUT2D eigenvalue weighted by molar-refractivity contribution is 0.251. The summed E-state index contributed by atoms with van der Waals surface area (Å²) >= 11 is 3.40. The number of halogens is 2. The van der Waals surface area contributed by atoms with Gasteiger partial charge in [0.1, 0.15) is 5.82 Å². The second-order valence-corrected chi connectivity index (χ2v) is 7.64. The molecule has 1 aromatic rings. The summed E-state index contributed by atoms with van der Waals surface area (Å²) in [6.07, 6.45) is 3.56. The summed E-state index contributed by atoms with van der Waals surface area (Å²) in [6.45, 7) is 8.86.